The SMILES string of the molecule is OC1(c2cc(F)ccc2OCC2CCC2)CC1. The molecule has 0 heterocycles. The molecular weight excluding hydrogens is 219 g/mol. The first-order valence-electron chi connectivity index (χ1n) is 6.33. The van der Waals surface area contributed by atoms with Gasteiger partial charge in [-0.3, -0.25) is 0 Å². The summed E-state index contributed by atoms with van der Waals surface area (Å²) in [7, 11) is 0. The predicted molar refractivity (Wildman–Crippen MR) is 62.4 cm³/mol. The van der Waals surface area contributed by atoms with Crippen LogP contribution in [0.3, 0.4) is 0 Å². The number of ether oxygens (including phenoxy) is 1. The normalized spacial score (nSPS) is 22.0. The average Bonchev–Trinajstić information content (AvgIpc) is 2.97. The molecule has 0 amide bonds. The number of hydrogen-bond donors (Lipinski definition) is 1. The molecule has 2 aliphatic carbocycles. The van der Waals surface area contributed by atoms with E-state index in [0.717, 1.165) is 0 Å². The van der Waals surface area contributed by atoms with Crippen LogP contribution >= 0.6 is 0 Å². The van der Waals surface area contributed by atoms with E-state index < -0.39 is 5.60 Å². The summed E-state index contributed by atoms with van der Waals surface area (Å²) in [5.41, 5.74) is -0.214. The fraction of sp³-hybridized carbons (Fsp3) is 0.571. The summed E-state index contributed by atoms with van der Waals surface area (Å²) in [4.78, 5) is 0. The average molecular weight is 236 g/mol. The first kappa shape index (κ1) is 11.0. The minimum Gasteiger partial charge on any atom is -0.493 e. The van der Waals surface area contributed by atoms with E-state index >= 15 is 0 Å². The molecule has 1 aromatic carbocycles. The summed E-state index contributed by atoms with van der Waals surface area (Å²) < 4.78 is 19.0. The van der Waals surface area contributed by atoms with Gasteiger partial charge in [-0.05, 0) is 49.8 Å². The van der Waals surface area contributed by atoms with Gasteiger partial charge in [0.1, 0.15) is 11.6 Å². The molecule has 0 spiro atoms. The fourth-order valence-electron chi connectivity index (χ4n) is 2.25. The van der Waals surface area contributed by atoms with Crippen molar-refractivity contribution < 1.29 is 14.2 Å². The van der Waals surface area contributed by atoms with Gasteiger partial charge in [0.25, 0.3) is 0 Å². The maximum Gasteiger partial charge on any atom is 0.125 e. The Labute approximate surface area is 100 Å². The Bertz CT molecular complexity index is 422. The van der Waals surface area contributed by atoms with Gasteiger partial charge in [0.2, 0.25) is 0 Å². The third kappa shape index (κ3) is 2.16. The molecule has 2 nitrogen and oxygen atoms in total. The molecule has 0 unspecified atom stereocenters. The molecule has 0 atom stereocenters. The van der Waals surface area contributed by atoms with Crippen molar-refractivity contribution in [1.82, 2.24) is 0 Å². The molecule has 2 fully saturated rings. The third-order valence-corrected chi connectivity index (χ3v) is 3.87. The molecule has 2 aliphatic rings. The number of halogens is 1. The van der Waals surface area contributed by atoms with Gasteiger partial charge < -0.3 is 9.84 Å². The van der Waals surface area contributed by atoms with Gasteiger partial charge in [-0.25, -0.2) is 4.39 Å². The summed E-state index contributed by atoms with van der Waals surface area (Å²) in [6.07, 6.45) is 5.14. The van der Waals surface area contributed by atoms with Gasteiger partial charge >= 0.3 is 0 Å². The lowest BCUT2D eigenvalue weighted by atomic mass is 9.86. The molecule has 0 saturated heterocycles. The van der Waals surface area contributed by atoms with E-state index in [9.17, 15) is 9.50 Å². The van der Waals surface area contributed by atoms with Crippen LogP contribution in [0, 0.1) is 11.7 Å². The third-order valence-electron chi connectivity index (χ3n) is 3.87. The zero-order valence-electron chi connectivity index (χ0n) is 9.79. The monoisotopic (exact) mass is 236 g/mol. The van der Waals surface area contributed by atoms with E-state index in [4.69, 9.17) is 4.74 Å². The molecule has 1 N–H and O–H groups in total. The quantitative estimate of drug-likeness (QED) is 0.870. The first-order chi connectivity index (χ1) is 8.17. The van der Waals surface area contributed by atoms with Crippen molar-refractivity contribution in [3.63, 3.8) is 0 Å². The summed E-state index contributed by atoms with van der Waals surface area (Å²) in [5.74, 6) is 0.983. The molecule has 1 aromatic rings. The summed E-state index contributed by atoms with van der Waals surface area (Å²) in [6.45, 7) is 0.689. The van der Waals surface area contributed by atoms with E-state index in [1.54, 1.807) is 6.07 Å². The minimum absolute atomic E-state index is 0.309. The van der Waals surface area contributed by atoms with Crippen LogP contribution in [0.5, 0.6) is 5.75 Å². The van der Waals surface area contributed by atoms with E-state index in [-0.39, 0.29) is 5.82 Å². The van der Waals surface area contributed by atoms with Crippen molar-refractivity contribution in [3.8, 4) is 5.75 Å². The van der Waals surface area contributed by atoms with Crippen molar-refractivity contribution in [1.29, 1.82) is 0 Å². The van der Waals surface area contributed by atoms with Gasteiger partial charge in [0, 0.05) is 5.56 Å². The van der Waals surface area contributed by atoms with E-state index in [1.807, 2.05) is 0 Å². The molecular formula is C14H17FO2. The van der Waals surface area contributed by atoms with Crippen LogP contribution in [0.15, 0.2) is 18.2 Å². The molecule has 0 radical (unpaired) electrons. The maximum atomic E-state index is 13.2. The highest BCUT2D eigenvalue weighted by atomic mass is 19.1. The van der Waals surface area contributed by atoms with Crippen molar-refractivity contribution in [2.45, 2.75) is 37.7 Å². The summed E-state index contributed by atoms with van der Waals surface area (Å²) in [5, 5.41) is 10.1. The summed E-state index contributed by atoms with van der Waals surface area (Å²) >= 11 is 0. The standard InChI is InChI=1S/C14H17FO2/c15-11-4-5-13(17-9-10-2-1-3-10)12(8-11)14(16)6-7-14/h4-5,8,10,16H,1-3,6-7,9H2. The van der Waals surface area contributed by atoms with Crippen LogP contribution < -0.4 is 4.74 Å². The Morgan fingerprint density at radius 3 is 2.71 bits per heavy atom. The highest BCUT2D eigenvalue weighted by Crippen LogP contribution is 2.49. The lowest BCUT2D eigenvalue weighted by molar-refractivity contribution is 0.136. The Balaban J connectivity index is 1.77. The second-order valence-corrected chi connectivity index (χ2v) is 5.28. The zero-order chi connectivity index (χ0) is 11.9. The lowest BCUT2D eigenvalue weighted by Gasteiger charge is -2.26. The Morgan fingerprint density at radius 2 is 2.12 bits per heavy atom. The maximum absolute atomic E-state index is 13.2. The predicted octanol–water partition coefficient (Wildman–Crippen LogP) is 2.99. The molecule has 2 saturated carbocycles. The molecule has 92 valence electrons. The van der Waals surface area contributed by atoms with Gasteiger partial charge in [0.05, 0.1) is 12.2 Å². The van der Waals surface area contributed by atoms with Crippen molar-refractivity contribution >= 4 is 0 Å². The second kappa shape index (κ2) is 3.98. The molecule has 0 bridgehead atoms. The molecule has 17 heavy (non-hydrogen) atoms. The zero-order valence-corrected chi connectivity index (χ0v) is 9.79. The van der Waals surface area contributed by atoms with Crippen LogP contribution in [0.2, 0.25) is 0 Å². The Kier molecular flexibility index (Phi) is 2.58. The smallest absolute Gasteiger partial charge is 0.125 e. The number of rotatable bonds is 4. The van der Waals surface area contributed by atoms with Crippen molar-refractivity contribution in [2.24, 2.45) is 5.92 Å². The largest absolute Gasteiger partial charge is 0.493 e. The molecule has 0 aromatic heterocycles. The van der Waals surface area contributed by atoms with Gasteiger partial charge in [0.15, 0.2) is 0 Å². The number of benzene rings is 1. The van der Waals surface area contributed by atoms with E-state index in [1.165, 1.54) is 31.4 Å². The van der Waals surface area contributed by atoms with E-state index in [2.05, 4.69) is 0 Å². The van der Waals surface area contributed by atoms with Crippen LogP contribution in [0.1, 0.15) is 37.7 Å². The van der Waals surface area contributed by atoms with Crippen molar-refractivity contribution in [2.75, 3.05) is 6.61 Å². The molecule has 3 rings (SSSR count). The van der Waals surface area contributed by atoms with Crippen LogP contribution in [0.25, 0.3) is 0 Å². The lowest BCUT2D eigenvalue weighted by Crippen LogP contribution is -2.20. The number of hydrogen-bond acceptors (Lipinski definition) is 2. The molecule has 3 heteroatoms. The Hall–Kier alpha value is -1.09. The van der Waals surface area contributed by atoms with Crippen LogP contribution in [-0.4, -0.2) is 11.7 Å². The molecule has 0 aliphatic heterocycles. The van der Waals surface area contributed by atoms with Gasteiger partial charge in [-0.2, -0.15) is 0 Å². The van der Waals surface area contributed by atoms with Gasteiger partial charge in [-0.15, -0.1) is 0 Å². The minimum atomic E-state index is -0.836. The highest BCUT2D eigenvalue weighted by molar-refractivity contribution is 5.41. The van der Waals surface area contributed by atoms with Crippen LogP contribution in [0.4, 0.5) is 4.39 Å². The topological polar surface area (TPSA) is 29.5 Å². The van der Waals surface area contributed by atoms with Crippen molar-refractivity contribution in [3.05, 3.63) is 29.6 Å². The summed E-state index contributed by atoms with van der Waals surface area (Å²) in [6, 6.07) is 4.44. The Morgan fingerprint density at radius 1 is 1.35 bits per heavy atom. The second-order valence-electron chi connectivity index (χ2n) is 5.28. The van der Waals surface area contributed by atoms with Crippen LogP contribution in [-0.2, 0) is 5.60 Å². The van der Waals surface area contributed by atoms with E-state index in [0.29, 0.717) is 36.7 Å². The van der Waals surface area contributed by atoms with Gasteiger partial charge in [-0.1, -0.05) is 6.42 Å². The fourth-order valence-corrected chi connectivity index (χ4v) is 2.25. The number of aliphatic hydroxyl groups is 1. The highest BCUT2D eigenvalue weighted by Gasteiger charge is 2.44. The first-order valence-corrected chi connectivity index (χ1v) is 6.33.